The van der Waals surface area contributed by atoms with Gasteiger partial charge in [-0.3, -0.25) is 4.34 Å². The molecule has 0 aliphatic rings. The summed E-state index contributed by atoms with van der Waals surface area (Å²) in [5.41, 5.74) is 0. The minimum Gasteiger partial charge on any atom is -1.00 e. The highest BCUT2D eigenvalue weighted by Crippen LogP contribution is 2.55. The first-order chi connectivity index (χ1) is 11.9. The van der Waals surface area contributed by atoms with Gasteiger partial charge in [0.2, 0.25) is 0 Å². The normalized spacial score (nSPS) is 10.9. The molecule has 0 saturated carbocycles. The van der Waals surface area contributed by atoms with Gasteiger partial charge in [0.05, 0.1) is 6.16 Å². The average molecular weight is 479 g/mol. The van der Waals surface area contributed by atoms with Crippen molar-refractivity contribution in [3.05, 3.63) is 91.0 Å². The summed E-state index contributed by atoms with van der Waals surface area (Å²) in [4.78, 5) is 0. The Labute approximate surface area is 170 Å². The second-order valence-corrected chi connectivity index (χ2v) is 9.95. The Morgan fingerprint density at radius 2 is 1.00 bits per heavy atom. The van der Waals surface area contributed by atoms with Crippen molar-refractivity contribution in [3.8, 4) is 0 Å². The summed E-state index contributed by atoms with van der Waals surface area (Å²) in [7, 11) is -1.64. The zero-order valence-electron chi connectivity index (χ0n) is 14.0. The van der Waals surface area contributed by atoms with Gasteiger partial charge < -0.3 is 17.0 Å². The van der Waals surface area contributed by atoms with Crippen molar-refractivity contribution in [2.75, 3.05) is 12.7 Å². The van der Waals surface area contributed by atoms with Crippen LogP contribution in [0, 0.1) is 0 Å². The first-order valence-electron chi connectivity index (χ1n) is 8.26. The molecule has 130 valence electrons. The molecule has 0 saturated heterocycles. The van der Waals surface area contributed by atoms with Gasteiger partial charge >= 0.3 is 0 Å². The van der Waals surface area contributed by atoms with Gasteiger partial charge in [0, 0.05) is 22.7 Å². The topological polar surface area (TPSA) is 12.0 Å². The monoisotopic (exact) mass is 477 g/mol. The maximum Gasteiger partial charge on any atom is 0.112 e. The zero-order valence-corrected chi connectivity index (χ0v) is 18.1. The van der Waals surface area contributed by atoms with Crippen molar-refractivity contribution in [2.24, 2.45) is 0 Å². The molecule has 0 aliphatic carbocycles. The SMILES string of the molecule is BrNCCC[P+](c1ccccc1)(c1ccccc1)c1ccccc1.[Br-]. The van der Waals surface area contributed by atoms with Crippen LogP contribution in [0.15, 0.2) is 91.0 Å². The molecule has 0 bridgehead atoms. The van der Waals surface area contributed by atoms with Crippen LogP contribution in [0.4, 0.5) is 0 Å². The third-order valence-corrected chi connectivity index (χ3v) is 9.28. The van der Waals surface area contributed by atoms with Gasteiger partial charge in [0.25, 0.3) is 0 Å². The Morgan fingerprint density at radius 1 is 0.640 bits per heavy atom. The lowest BCUT2D eigenvalue weighted by atomic mass is 10.4. The van der Waals surface area contributed by atoms with Gasteiger partial charge in [-0.25, -0.2) is 0 Å². The van der Waals surface area contributed by atoms with Crippen LogP contribution in [-0.4, -0.2) is 12.7 Å². The Kier molecular flexibility index (Phi) is 8.32. The van der Waals surface area contributed by atoms with Gasteiger partial charge in [0.15, 0.2) is 0 Å². The van der Waals surface area contributed by atoms with Crippen molar-refractivity contribution >= 4 is 39.3 Å². The maximum absolute atomic E-state index is 3.35. The highest BCUT2D eigenvalue weighted by molar-refractivity contribution is 9.08. The molecule has 0 atom stereocenters. The molecule has 3 rings (SSSR count). The third-order valence-electron chi connectivity index (χ3n) is 4.36. The summed E-state index contributed by atoms with van der Waals surface area (Å²) in [6, 6.07) is 33.1. The highest BCUT2D eigenvalue weighted by Gasteiger charge is 2.44. The van der Waals surface area contributed by atoms with Crippen LogP contribution in [0.2, 0.25) is 0 Å². The number of hydrogen-bond donors (Lipinski definition) is 1. The molecule has 0 unspecified atom stereocenters. The summed E-state index contributed by atoms with van der Waals surface area (Å²) < 4.78 is 3.12. The second-order valence-electron chi connectivity index (χ2n) is 5.78. The second kappa shape index (κ2) is 10.2. The standard InChI is InChI=1S/C21H22BrNP.BrH/c22-23-17-10-18-24(19-11-4-1-5-12-19,20-13-6-2-7-14-20)21-15-8-3-9-16-21;/h1-9,11-16,23H,10,17-18H2;1H/q+1;/p-1. The summed E-state index contributed by atoms with van der Waals surface area (Å²) in [5, 5.41) is 4.37. The number of benzene rings is 3. The fourth-order valence-electron chi connectivity index (χ4n) is 3.26. The Hall–Kier alpha value is -0.990. The molecule has 0 fully saturated rings. The molecule has 0 aromatic heterocycles. The summed E-state index contributed by atoms with van der Waals surface area (Å²) >= 11 is 3.35. The van der Waals surface area contributed by atoms with Crippen LogP contribution in [0.1, 0.15) is 6.42 Å². The largest absolute Gasteiger partial charge is 1.00 e. The predicted octanol–water partition coefficient (Wildman–Crippen LogP) is 1.27. The summed E-state index contributed by atoms with van der Waals surface area (Å²) in [6.45, 7) is 0.967. The van der Waals surface area contributed by atoms with Gasteiger partial charge in [0.1, 0.15) is 23.2 Å². The highest BCUT2D eigenvalue weighted by atomic mass is 79.9. The van der Waals surface area contributed by atoms with Crippen LogP contribution < -0.4 is 37.2 Å². The minimum absolute atomic E-state index is 0. The van der Waals surface area contributed by atoms with Crippen molar-refractivity contribution in [1.29, 1.82) is 0 Å². The molecule has 1 N–H and O–H groups in total. The van der Waals surface area contributed by atoms with Gasteiger partial charge in [-0.1, -0.05) is 54.6 Å². The van der Waals surface area contributed by atoms with E-state index in [1.807, 2.05) is 0 Å². The van der Waals surface area contributed by atoms with E-state index in [0.29, 0.717) is 0 Å². The Balaban J connectivity index is 0.00000225. The van der Waals surface area contributed by atoms with E-state index >= 15 is 0 Å². The maximum atomic E-state index is 3.35. The van der Waals surface area contributed by atoms with E-state index in [1.54, 1.807) is 0 Å². The molecule has 3 aromatic rings. The van der Waals surface area contributed by atoms with E-state index in [0.717, 1.165) is 19.1 Å². The number of hydrogen-bond acceptors (Lipinski definition) is 1. The summed E-state index contributed by atoms with van der Waals surface area (Å²) in [5.74, 6) is 0. The first-order valence-corrected chi connectivity index (χ1v) is 11.0. The Morgan fingerprint density at radius 3 is 1.32 bits per heavy atom. The van der Waals surface area contributed by atoms with Gasteiger partial charge in [-0.15, -0.1) is 0 Å². The van der Waals surface area contributed by atoms with Crippen molar-refractivity contribution in [1.82, 2.24) is 4.34 Å². The lowest BCUT2D eigenvalue weighted by Gasteiger charge is -2.27. The van der Waals surface area contributed by atoms with Gasteiger partial charge in [-0.05, 0) is 42.8 Å². The van der Waals surface area contributed by atoms with Crippen LogP contribution in [-0.2, 0) is 0 Å². The summed E-state index contributed by atoms with van der Waals surface area (Å²) in [6.07, 6.45) is 2.28. The Bertz CT molecular complexity index is 639. The lowest BCUT2D eigenvalue weighted by Crippen LogP contribution is -3.00. The lowest BCUT2D eigenvalue weighted by molar-refractivity contribution is -0.00000462. The van der Waals surface area contributed by atoms with Crippen molar-refractivity contribution in [2.45, 2.75) is 6.42 Å². The van der Waals surface area contributed by atoms with Crippen molar-refractivity contribution < 1.29 is 17.0 Å². The van der Waals surface area contributed by atoms with E-state index in [9.17, 15) is 0 Å². The van der Waals surface area contributed by atoms with Crippen LogP contribution in [0.5, 0.6) is 0 Å². The third kappa shape index (κ3) is 4.60. The zero-order chi connectivity index (χ0) is 16.7. The smallest absolute Gasteiger partial charge is 0.112 e. The average Bonchev–Trinajstić information content (AvgIpc) is 2.68. The van der Waals surface area contributed by atoms with Crippen LogP contribution in [0.3, 0.4) is 0 Å². The molecule has 0 aliphatic heterocycles. The number of rotatable bonds is 7. The first kappa shape index (κ1) is 20.3. The van der Waals surface area contributed by atoms with Crippen LogP contribution >= 0.6 is 23.4 Å². The molecular weight excluding hydrogens is 457 g/mol. The van der Waals surface area contributed by atoms with Gasteiger partial charge in [-0.2, -0.15) is 0 Å². The minimum atomic E-state index is -1.64. The van der Waals surface area contributed by atoms with E-state index in [2.05, 4.69) is 111 Å². The number of halogens is 2. The quantitative estimate of drug-likeness (QED) is 0.306. The molecule has 25 heavy (non-hydrogen) atoms. The predicted molar refractivity (Wildman–Crippen MR) is 112 cm³/mol. The molecule has 4 heteroatoms. The molecule has 0 spiro atoms. The van der Waals surface area contributed by atoms with Crippen LogP contribution in [0.25, 0.3) is 0 Å². The molecule has 0 radical (unpaired) electrons. The number of nitrogens with one attached hydrogen (secondary N) is 1. The molecule has 0 amide bonds. The van der Waals surface area contributed by atoms with E-state index < -0.39 is 7.26 Å². The van der Waals surface area contributed by atoms with Crippen molar-refractivity contribution in [3.63, 3.8) is 0 Å². The van der Waals surface area contributed by atoms with E-state index in [1.165, 1.54) is 15.9 Å². The van der Waals surface area contributed by atoms with E-state index in [4.69, 9.17) is 0 Å². The molecule has 3 aromatic carbocycles. The molecule has 0 heterocycles. The van der Waals surface area contributed by atoms with E-state index in [-0.39, 0.29) is 17.0 Å². The fraction of sp³-hybridized carbons (Fsp3) is 0.143. The fourth-order valence-corrected chi connectivity index (χ4v) is 7.89. The molecular formula is C21H22Br2NP. The molecule has 1 nitrogen and oxygen atoms in total.